The first-order chi connectivity index (χ1) is 19.4. The minimum absolute atomic E-state index is 0.188. The summed E-state index contributed by atoms with van der Waals surface area (Å²) in [4.78, 5) is 33.0. The van der Waals surface area contributed by atoms with Crippen molar-refractivity contribution in [1.29, 1.82) is 0 Å². The minimum Gasteiger partial charge on any atom is -0.468 e. The van der Waals surface area contributed by atoms with E-state index in [0.29, 0.717) is 22.7 Å². The molecule has 1 aliphatic rings. The number of nitrogens with zero attached hydrogens (tertiary/aromatic N) is 1. The van der Waals surface area contributed by atoms with Gasteiger partial charge in [0.25, 0.3) is 0 Å². The normalized spacial score (nSPS) is 19.2. The molecular formula is C33H30ClNO5. The minimum atomic E-state index is -1.25. The first-order valence-corrected chi connectivity index (χ1v) is 13.4. The fourth-order valence-electron chi connectivity index (χ4n) is 5.56. The van der Waals surface area contributed by atoms with E-state index >= 15 is 0 Å². The molecule has 4 aromatic rings. The number of benzene rings is 4. The molecule has 0 spiro atoms. The second kappa shape index (κ2) is 11.5. The highest BCUT2D eigenvalue weighted by molar-refractivity contribution is 6.30. The van der Waals surface area contributed by atoms with Gasteiger partial charge in [-0.2, -0.15) is 0 Å². The zero-order chi connectivity index (χ0) is 28.3. The van der Waals surface area contributed by atoms with E-state index in [9.17, 15) is 9.59 Å². The molecule has 0 saturated carbocycles. The summed E-state index contributed by atoms with van der Waals surface area (Å²) >= 11 is 6.29. The van der Waals surface area contributed by atoms with Crippen molar-refractivity contribution in [3.63, 3.8) is 0 Å². The van der Waals surface area contributed by atoms with Crippen molar-refractivity contribution in [3.8, 4) is 0 Å². The van der Waals surface area contributed by atoms with E-state index in [2.05, 4.69) is 6.58 Å². The summed E-state index contributed by atoms with van der Waals surface area (Å²) in [5, 5.41) is 4.23. The molecule has 4 aromatic carbocycles. The van der Waals surface area contributed by atoms with E-state index in [-0.39, 0.29) is 13.2 Å². The van der Waals surface area contributed by atoms with Gasteiger partial charge in [-0.25, -0.2) is 9.86 Å². The van der Waals surface area contributed by atoms with Gasteiger partial charge in [0, 0.05) is 5.02 Å². The van der Waals surface area contributed by atoms with Crippen molar-refractivity contribution in [2.24, 2.45) is 0 Å². The monoisotopic (exact) mass is 555 g/mol. The van der Waals surface area contributed by atoms with E-state index in [4.69, 9.17) is 25.9 Å². The molecule has 40 heavy (non-hydrogen) atoms. The van der Waals surface area contributed by atoms with Gasteiger partial charge in [0.05, 0.1) is 31.6 Å². The second-order valence-electron chi connectivity index (χ2n) is 9.74. The van der Waals surface area contributed by atoms with Crippen molar-refractivity contribution in [2.45, 2.75) is 24.8 Å². The smallest absolute Gasteiger partial charge is 0.338 e. The highest BCUT2D eigenvalue weighted by Crippen LogP contribution is 2.51. The summed E-state index contributed by atoms with van der Waals surface area (Å²) in [5.74, 6) is -0.822. The molecule has 0 radical (unpaired) electrons. The molecular weight excluding hydrogens is 526 g/mol. The first kappa shape index (κ1) is 27.4. The van der Waals surface area contributed by atoms with Crippen LogP contribution in [0.2, 0.25) is 5.02 Å². The molecule has 0 bridgehead atoms. The molecule has 5 rings (SSSR count). The van der Waals surface area contributed by atoms with Crippen molar-refractivity contribution >= 4 is 40.0 Å². The number of hydrogen-bond acceptors (Lipinski definition) is 6. The quantitative estimate of drug-likeness (QED) is 0.185. The van der Waals surface area contributed by atoms with Gasteiger partial charge in [-0.3, -0.25) is 9.63 Å². The Morgan fingerprint density at radius 1 is 1.00 bits per heavy atom. The summed E-state index contributed by atoms with van der Waals surface area (Å²) in [6, 6.07) is 27.6. The zero-order valence-electron chi connectivity index (χ0n) is 22.4. The van der Waals surface area contributed by atoms with E-state index < -0.39 is 23.4 Å². The standard InChI is InChI=1S/C33H30ClNO5/c1-4-39-31(36)25-14-18-27(19-15-25)35-30(24-12-16-26(34)17-13-24)33(32(37)38-3,20-22(2)21-40-35)29-11-7-9-23-8-5-6-10-28(23)29/h5-19,30H,2,4,20-21H2,1,3H3/t30-,33+/m0/s1. The third kappa shape index (κ3) is 4.96. The fourth-order valence-corrected chi connectivity index (χ4v) is 5.68. The predicted molar refractivity (Wildman–Crippen MR) is 156 cm³/mol. The van der Waals surface area contributed by atoms with Crippen molar-refractivity contribution in [2.75, 3.05) is 25.4 Å². The number of hydroxylamine groups is 1. The van der Waals surface area contributed by atoms with Crippen LogP contribution in [0, 0.1) is 0 Å². The molecule has 1 fully saturated rings. The zero-order valence-corrected chi connectivity index (χ0v) is 23.2. The third-order valence-corrected chi connectivity index (χ3v) is 7.53. The fraction of sp³-hybridized carbons (Fsp3) is 0.212. The van der Waals surface area contributed by atoms with Crippen LogP contribution in [0.4, 0.5) is 5.69 Å². The van der Waals surface area contributed by atoms with Crippen molar-refractivity contribution in [1.82, 2.24) is 0 Å². The van der Waals surface area contributed by atoms with Crippen LogP contribution >= 0.6 is 11.6 Å². The van der Waals surface area contributed by atoms with Gasteiger partial charge in [-0.05, 0) is 77.2 Å². The lowest BCUT2D eigenvalue weighted by Crippen LogP contribution is -2.49. The van der Waals surface area contributed by atoms with E-state index in [1.807, 2.05) is 54.6 Å². The van der Waals surface area contributed by atoms with Gasteiger partial charge in [0.1, 0.15) is 11.5 Å². The molecule has 1 saturated heterocycles. The summed E-state index contributed by atoms with van der Waals surface area (Å²) in [6.07, 6.45) is 0.290. The number of halogens is 1. The van der Waals surface area contributed by atoms with Crippen LogP contribution in [0.1, 0.15) is 40.9 Å². The van der Waals surface area contributed by atoms with Gasteiger partial charge >= 0.3 is 11.9 Å². The molecule has 0 N–H and O–H groups in total. The Kier molecular flexibility index (Phi) is 7.92. The van der Waals surface area contributed by atoms with Gasteiger partial charge in [-0.15, -0.1) is 0 Å². The van der Waals surface area contributed by atoms with Gasteiger partial charge in [0.15, 0.2) is 0 Å². The van der Waals surface area contributed by atoms with Crippen LogP contribution < -0.4 is 5.06 Å². The number of fused-ring (bicyclic) bond motifs is 1. The van der Waals surface area contributed by atoms with Gasteiger partial charge in [-0.1, -0.05) is 72.8 Å². The van der Waals surface area contributed by atoms with E-state index in [0.717, 1.165) is 27.5 Å². The SMILES string of the molecule is C=C1CON(c2ccc(C(=O)OCC)cc2)[C@@H](c2ccc(Cl)cc2)[C@](C(=O)OC)(c2cccc3ccccc23)C1. The molecule has 2 atom stereocenters. The first-order valence-electron chi connectivity index (χ1n) is 13.1. The number of methoxy groups -OCH3 is 1. The van der Waals surface area contributed by atoms with Crippen LogP contribution in [0.3, 0.4) is 0 Å². The Hall–Kier alpha value is -4.13. The van der Waals surface area contributed by atoms with Gasteiger partial charge < -0.3 is 9.47 Å². The maximum absolute atomic E-state index is 14.2. The average Bonchev–Trinajstić information content (AvgIpc) is 3.14. The number of esters is 2. The number of rotatable bonds is 6. The number of carbonyl (C=O) groups excluding carboxylic acids is 2. The number of anilines is 1. The number of ether oxygens (including phenoxy) is 2. The van der Waals surface area contributed by atoms with Crippen LogP contribution in [-0.4, -0.2) is 32.3 Å². The molecule has 1 aliphatic heterocycles. The predicted octanol–water partition coefficient (Wildman–Crippen LogP) is 7.22. The Labute approximate surface area is 238 Å². The highest BCUT2D eigenvalue weighted by atomic mass is 35.5. The largest absolute Gasteiger partial charge is 0.468 e. The summed E-state index contributed by atoms with van der Waals surface area (Å²) in [5.41, 5.74) is 2.15. The molecule has 1 heterocycles. The van der Waals surface area contributed by atoms with E-state index in [1.54, 1.807) is 48.4 Å². The Morgan fingerprint density at radius 2 is 1.70 bits per heavy atom. The third-order valence-electron chi connectivity index (χ3n) is 7.28. The molecule has 204 valence electrons. The molecule has 0 unspecified atom stereocenters. The Balaban J connectivity index is 1.79. The molecule has 0 aliphatic carbocycles. The van der Waals surface area contributed by atoms with Crippen LogP contribution in [-0.2, 0) is 24.5 Å². The van der Waals surface area contributed by atoms with Crippen molar-refractivity contribution in [3.05, 3.63) is 125 Å². The molecule has 6 nitrogen and oxygen atoms in total. The lowest BCUT2D eigenvalue weighted by atomic mass is 9.66. The Bertz CT molecular complexity index is 1540. The maximum Gasteiger partial charge on any atom is 0.338 e. The summed E-state index contributed by atoms with van der Waals surface area (Å²) in [6.45, 7) is 6.51. The summed E-state index contributed by atoms with van der Waals surface area (Å²) < 4.78 is 10.7. The molecule has 0 aromatic heterocycles. The average molecular weight is 556 g/mol. The number of hydrogen-bond donors (Lipinski definition) is 0. The topological polar surface area (TPSA) is 65.1 Å². The van der Waals surface area contributed by atoms with Crippen LogP contribution in [0.5, 0.6) is 0 Å². The molecule has 7 heteroatoms. The lowest BCUT2D eigenvalue weighted by molar-refractivity contribution is -0.149. The second-order valence-corrected chi connectivity index (χ2v) is 10.2. The maximum atomic E-state index is 14.2. The lowest BCUT2D eigenvalue weighted by Gasteiger charge is -2.43. The van der Waals surface area contributed by atoms with Gasteiger partial charge in [0.2, 0.25) is 0 Å². The highest BCUT2D eigenvalue weighted by Gasteiger charge is 2.54. The van der Waals surface area contributed by atoms with Crippen LogP contribution in [0.15, 0.2) is 103 Å². The summed E-state index contributed by atoms with van der Waals surface area (Å²) in [7, 11) is 1.40. The van der Waals surface area contributed by atoms with Crippen molar-refractivity contribution < 1.29 is 23.9 Å². The Morgan fingerprint density at radius 3 is 2.40 bits per heavy atom. The number of carbonyl (C=O) groups is 2. The van der Waals surface area contributed by atoms with Crippen LogP contribution in [0.25, 0.3) is 10.8 Å². The molecule has 0 amide bonds. The van der Waals surface area contributed by atoms with E-state index in [1.165, 1.54) is 7.11 Å².